The fraction of sp³-hybridized carbons (Fsp3) is 0.735. The topological polar surface area (TPSA) is 108 Å². The van der Waals surface area contributed by atoms with Gasteiger partial charge < -0.3 is 29.7 Å². The second kappa shape index (κ2) is 17.7. The van der Waals surface area contributed by atoms with Crippen LogP contribution in [0.5, 0.6) is 0 Å². The molecular formula is C34H57N3O6. The number of ether oxygens (including phenoxy) is 2. The Hall–Kier alpha value is -2.49. The van der Waals surface area contributed by atoms with Crippen molar-refractivity contribution in [2.24, 2.45) is 17.8 Å². The molecule has 0 radical (unpaired) electrons. The van der Waals surface area contributed by atoms with Crippen molar-refractivity contribution in [1.82, 2.24) is 15.1 Å². The van der Waals surface area contributed by atoms with E-state index in [9.17, 15) is 19.5 Å². The first-order valence-electron chi connectivity index (χ1n) is 16.0. The van der Waals surface area contributed by atoms with Crippen LogP contribution in [0.4, 0.5) is 0 Å². The van der Waals surface area contributed by atoms with Crippen molar-refractivity contribution < 1.29 is 29.0 Å². The average Bonchev–Trinajstić information content (AvgIpc) is 3.00. The third kappa shape index (κ3) is 10.0. The van der Waals surface area contributed by atoms with Gasteiger partial charge in [0.15, 0.2) is 0 Å². The third-order valence-electron chi connectivity index (χ3n) is 9.12. The van der Waals surface area contributed by atoms with E-state index in [1.54, 1.807) is 26.0 Å². The monoisotopic (exact) mass is 603 g/mol. The summed E-state index contributed by atoms with van der Waals surface area (Å²) in [6.45, 7) is 12.4. The lowest BCUT2D eigenvalue weighted by molar-refractivity contribution is -0.150. The number of hydrogen-bond donors (Lipinski definition) is 2. The van der Waals surface area contributed by atoms with E-state index >= 15 is 0 Å². The Morgan fingerprint density at radius 3 is 2.23 bits per heavy atom. The van der Waals surface area contributed by atoms with Gasteiger partial charge in [-0.25, -0.2) is 0 Å². The van der Waals surface area contributed by atoms with Gasteiger partial charge in [0.1, 0.15) is 0 Å². The summed E-state index contributed by atoms with van der Waals surface area (Å²) in [5.74, 6) is -0.420. The molecule has 9 nitrogen and oxygen atoms in total. The van der Waals surface area contributed by atoms with Crippen LogP contribution in [-0.2, 0) is 23.9 Å². The number of likely N-dealkylation sites (N-methyl/N-ethyl adjacent to an activating group) is 1. The SMILES string of the molecule is CC[C@H](C)[C@@H]([C@@H](CC(=O)N1CCCC[C@H]1[C@H](OC)[C@@H](C)C(=O)N[C@H](C)C(O)c1ccccc1)OC)N(C)C(=O)CC(C)C. The Labute approximate surface area is 259 Å². The molecule has 1 aromatic rings. The summed E-state index contributed by atoms with van der Waals surface area (Å²) in [7, 11) is 5.01. The highest BCUT2D eigenvalue weighted by Crippen LogP contribution is 2.29. The molecule has 3 amide bonds. The molecule has 2 rings (SSSR count). The largest absolute Gasteiger partial charge is 0.386 e. The van der Waals surface area contributed by atoms with Crippen molar-refractivity contribution in [1.29, 1.82) is 0 Å². The molecule has 9 heteroatoms. The molecule has 1 aromatic carbocycles. The van der Waals surface area contributed by atoms with Crippen molar-refractivity contribution >= 4 is 17.7 Å². The van der Waals surface area contributed by atoms with Crippen LogP contribution in [-0.4, -0.2) is 90.8 Å². The number of methoxy groups -OCH3 is 2. The number of aliphatic hydroxyl groups excluding tert-OH is 1. The van der Waals surface area contributed by atoms with E-state index in [2.05, 4.69) is 19.2 Å². The first-order chi connectivity index (χ1) is 20.4. The third-order valence-corrected chi connectivity index (χ3v) is 9.12. The molecule has 43 heavy (non-hydrogen) atoms. The number of amides is 3. The summed E-state index contributed by atoms with van der Waals surface area (Å²) >= 11 is 0. The average molecular weight is 604 g/mol. The zero-order valence-corrected chi connectivity index (χ0v) is 27.9. The number of carbonyl (C=O) groups is 3. The molecule has 0 saturated carbocycles. The van der Waals surface area contributed by atoms with Crippen molar-refractivity contribution in [2.75, 3.05) is 27.8 Å². The van der Waals surface area contributed by atoms with E-state index in [1.165, 1.54) is 0 Å². The van der Waals surface area contributed by atoms with E-state index in [-0.39, 0.29) is 48.1 Å². The molecule has 0 bridgehead atoms. The standard InChI is InChI=1S/C34H57N3O6/c1-10-23(4)31(36(7)29(38)20-22(2)3)28(42-8)21-30(39)37-19-15-14-18-27(37)33(43-9)24(5)34(41)35-25(6)32(40)26-16-12-11-13-17-26/h11-13,16-17,22-25,27-28,31-33,40H,10,14-15,18-21H2,1-9H3,(H,35,41)/t23-,24+,25+,27-,28+,31-,32?,33+/m0/s1. The highest BCUT2D eigenvalue weighted by atomic mass is 16.5. The normalized spacial score (nSPS) is 20.4. The minimum atomic E-state index is -0.846. The van der Waals surface area contributed by atoms with E-state index in [0.29, 0.717) is 13.0 Å². The van der Waals surface area contributed by atoms with Crippen LogP contribution in [0.25, 0.3) is 0 Å². The number of nitrogens with one attached hydrogen (secondary N) is 1. The number of piperidine rings is 1. The Morgan fingerprint density at radius 1 is 1.02 bits per heavy atom. The van der Waals surface area contributed by atoms with Gasteiger partial charge in [-0.3, -0.25) is 14.4 Å². The van der Waals surface area contributed by atoms with E-state index in [4.69, 9.17) is 9.47 Å². The summed E-state index contributed by atoms with van der Waals surface area (Å²) in [5, 5.41) is 13.7. The summed E-state index contributed by atoms with van der Waals surface area (Å²) in [6, 6.07) is 8.23. The number of nitrogens with zero attached hydrogens (tertiary/aromatic N) is 2. The van der Waals surface area contributed by atoms with Crippen LogP contribution >= 0.6 is 0 Å². The van der Waals surface area contributed by atoms with Crippen molar-refractivity contribution in [3.63, 3.8) is 0 Å². The van der Waals surface area contributed by atoms with Gasteiger partial charge in [-0.15, -0.1) is 0 Å². The van der Waals surface area contributed by atoms with E-state index in [0.717, 1.165) is 31.2 Å². The molecule has 0 aromatic heterocycles. The van der Waals surface area contributed by atoms with Gasteiger partial charge in [0.25, 0.3) is 0 Å². The van der Waals surface area contributed by atoms with Crippen LogP contribution in [0.3, 0.4) is 0 Å². The predicted octanol–water partition coefficient (Wildman–Crippen LogP) is 4.58. The zero-order chi connectivity index (χ0) is 32.3. The fourth-order valence-corrected chi connectivity index (χ4v) is 6.36. The van der Waals surface area contributed by atoms with E-state index in [1.807, 2.05) is 63.1 Å². The molecule has 244 valence electrons. The molecule has 1 unspecified atom stereocenters. The number of hydrogen-bond acceptors (Lipinski definition) is 6. The van der Waals surface area contributed by atoms with E-state index < -0.39 is 30.3 Å². The molecule has 1 saturated heterocycles. The lowest BCUT2D eigenvalue weighted by Crippen LogP contribution is -2.56. The molecule has 8 atom stereocenters. The second-order valence-electron chi connectivity index (χ2n) is 12.7. The number of likely N-dealkylation sites (tertiary alicyclic amines) is 1. The van der Waals surface area contributed by atoms with Crippen molar-refractivity contribution in [3.05, 3.63) is 35.9 Å². The number of carbonyl (C=O) groups excluding carboxylic acids is 3. The first kappa shape index (κ1) is 36.7. The van der Waals surface area contributed by atoms with Gasteiger partial charge in [-0.1, -0.05) is 71.4 Å². The van der Waals surface area contributed by atoms with Gasteiger partial charge in [0.05, 0.1) is 48.8 Å². The lowest BCUT2D eigenvalue weighted by atomic mass is 9.87. The molecule has 1 aliphatic heterocycles. The van der Waals surface area contributed by atoms with Crippen molar-refractivity contribution in [3.8, 4) is 0 Å². The van der Waals surface area contributed by atoms with Crippen LogP contribution in [0.2, 0.25) is 0 Å². The maximum Gasteiger partial charge on any atom is 0.225 e. The van der Waals surface area contributed by atoms with Gasteiger partial charge in [-0.05, 0) is 43.6 Å². The van der Waals surface area contributed by atoms with Gasteiger partial charge in [-0.2, -0.15) is 0 Å². The summed E-state index contributed by atoms with van der Waals surface area (Å²) in [6.07, 6.45) is 2.13. The smallest absolute Gasteiger partial charge is 0.225 e. The second-order valence-corrected chi connectivity index (χ2v) is 12.7. The molecule has 1 aliphatic rings. The molecule has 1 heterocycles. The van der Waals surface area contributed by atoms with Crippen LogP contribution in [0.15, 0.2) is 30.3 Å². The van der Waals surface area contributed by atoms with Crippen LogP contribution in [0.1, 0.15) is 91.7 Å². The predicted molar refractivity (Wildman–Crippen MR) is 169 cm³/mol. The van der Waals surface area contributed by atoms with Crippen LogP contribution in [0, 0.1) is 17.8 Å². The van der Waals surface area contributed by atoms with Gasteiger partial charge in [0.2, 0.25) is 17.7 Å². The molecule has 0 spiro atoms. The Bertz CT molecular complexity index is 1010. The highest BCUT2D eigenvalue weighted by Gasteiger charge is 2.41. The molecule has 0 aliphatic carbocycles. The first-order valence-corrected chi connectivity index (χ1v) is 16.0. The Kier molecular flexibility index (Phi) is 15.1. The fourth-order valence-electron chi connectivity index (χ4n) is 6.36. The van der Waals surface area contributed by atoms with Gasteiger partial charge in [0, 0.05) is 34.2 Å². The molecule has 2 N–H and O–H groups in total. The molecule has 1 fully saturated rings. The van der Waals surface area contributed by atoms with Gasteiger partial charge >= 0.3 is 0 Å². The maximum atomic E-state index is 14.0. The minimum Gasteiger partial charge on any atom is -0.386 e. The number of aliphatic hydroxyl groups is 1. The van der Waals surface area contributed by atoms with Crippen molar-refractivity contribution in [2.45, 2.75) is 117 Å². The number of rotatable bonds is 16. The quantitative estimate of drug-likeness (QED) is 0.286. The summed E-state index contributed by atoms with van der Waals surface area (Å²) in [5.41, 5.74) is 0.732. The van der Waals surface area contributed by atoms with Crippen LogP contribution < -0.4 is 5.32 Å². The summed E-state index contributed by atoms with van der Waals surface area (Å²) < 4.78 is 11.8. The number of benzene rings is 1. The highest BCUT2D eigenvalue weighted by molar-refractivity contribution is 5.80. The Balaban J connectivity index is 2.20. The Morgan fingerprint density at radius 2 is 1.67 bits per heavy atom. The lowest BCUT2D eigenvalue weighted by Gasteiger charge is -2.43. The maximum absolute atomic E-state index is 14.0. The summed E-state index contributed by atoms with van der Waals surface area (Å²) in [4.78, 5) is 44.0. The zero-order valence-electron chi connectivity index (χ0n) is 27.9. The minimum absolute atomic E-state index is 0.0524. The molecular weight excluding hydrogens is 546 g/mol.